The third-order valence-corrected chi connectivity index (χ3v) is 5.60. The first-order valence-corrected chi connectivity index (χ1v) is 9.32. The van der Waals surface area contributed by atoms with Crippen LogP contribution in [-0.2, 0) is 4.74 Å². The number of nitrogens with two attached hydrogens (primary N) is 1. The molecule has 3 aromatic rings. The molecular weight excluding hydrogens is 342 g/mol. The summed E-state index contributed by atoms with van der Waals surface area (Å²) in [6.07, 6.45) is 0. The number of nitrogens with one attached hydrogen (secondary N) is 1. The maximum atomic E-state index is 11.5. The zero-order valence-electron chi connectivity index (χ0n) is 13.3. The lowest BCUT2D eigenvalue weighted by molar-refractivity contribution is 0.0996. The lowest BCUT2D eigenvalue weighted by atomic mass is 10.2. The van der Waals surface area contributed by atoms with Crippen LogP contribution in [-0.4, -0.2) is 30.6 Å². The number of fused-ring (bicyclic) bond motifs is 1. The minimum atomic E-state index is -0.455. The van der Waals surface area contributed by atoms with Crippen molar-refractivity contribution in [3.05, 3.63) is 47.5 Å². The second-order valence-corrected chi connectivity index (χ2v) is 7.38. The number of nitrogens with zero attached hydrogens (tertiary/aromatic N) is 1. The fraction of sp³-hybridized carbons (Fsp3) is 0.235. The van der Waals surface area contributed by atoms with E-state index in [0.717, 1.165) is 23.1 Å². The Labute approximate surface area is 148 Å². The molecule has 0 aliphatic rings. The SMILES string of the molecule is CCOCCN(Sc1cccs1)c1cccc2cc(C(N)=O)[nH]c12. The van der Waals surface area contributed by atoms with Gasteiger partial charge >= 0.3 is 0 Å². The van der Waals surface area contributed by atoms with E-state index in [1.165, 1.54) is 4.21 Å². The minimum Gasteiger partial charge on any atom is -0.380 e. The number of rotatable bonds is 8. The Kier molecular flexibility index (Phi) is 5.44. The highest BCUT2D eigenvalue weighted by Gasteiger charge is 2.15. The normalized spacial score (nSPS) is 11.0. The number of aromatic amines is 1. The van der Waals surface area contributed by atoms with Gasteiger partial charge in [-0.1, -0.05) is 18.2 Å². The van der Waals surface area contributed by atoms with Crippen LogP contribution in [0.1, 0.15) is 17.4 Å². The topological polar surface area (TPSA) is 71.3 Å². The molecule has 3 rings (SSSR count). The van der Waals surface area contributed by atoms with Crippen molar-refractivity contribution in [1.29, 1.82) is 0 Å². The van der Waals surface area contributed by atoms with E-state index in [1.807, 2.05) is 31.2 Å². The number of amides is 1. The quantitative estimate of drug-likeness (QED) is 0.472. The predicted molar refractivity (Wildman–Crippen MR) is 101 cm³/mol. The third-order valence-electron chi connectivity index (χ3n) is 3.51. The molecule has 0 unspecified atom stereocenters. The maximum absolute atomic E-state index is 11.5. The van der Waals surface area contributed by atoms with Crippen molar-refractivity contribution >= 4 is 45.8 Å². The molecule has 3 N–H and O–H groups in total. The number of ether oxygens (including phenoxy) is 1. The van der Waals surface area contributed by atoms with Gasteiger partial charge in [0.2, 0.25) is 0 Å². The Balaban J connectivity index is 1.95. The first kappa shape index (κ1) is 16.9. The lowest BCUT2D eigenvalue weighted by Crippen LogP contribution is -2.20. The predicted octanol–water partition coefficient (Wildman–Crippen LogP) is 3.88. The van der Waals surface area contributed by atoms with E-state index in [4.69, 9.17) is 10.5 Å². The van der Waals surface area contributed by atoms with Crippen LogP contribution < -0.4 is 10.0 Å². The van der Waals surface area contributed by atoms with E-state index < -0.39 is 5.91 Å². The average Bonchev–Trinajstić information content (AvgIpc) is 3.23. The number of aromatic nitrogens is 1. The number of thiophene rings is 1. The molecular formula is C17H19N3O2S2. The van der Waals surface area contributed by atoms with Crippen molar-refractivity contribution in [3.8, 4) is 0 Å². The Bertz CT molecular complexity index is 814. The van der Waals surface area contributed by atoms with E-state index in [1.54, 1.807) is 29.4 Å². The summed E-state index contributed by atoms with van der Waals surface area (Å²) in [6.45, 7) is 4.05. The van der Waals surface area contributed by atoms with Crippen LogP contribution >= 0.6 is 23.3 Å². The zero-order valence-corrected chi connectivity index (χ0v) is 15.0. The van der Waals surface area contributed by atoms with Crippen LogP contribution in [0.25, 0.3) is 10.9 Å². The van der Waals surface area contributed by atoms with Gasteiger partial charge in [-0.3, -0.25) is 4.79 Å². The van der Waals surface area contributed by atoms with Gasteiger partial charge in [-0.2, -0.15) is 0 Å². The van der Waals surface area contributed by atoms with Crippen molar-refractivity contribution in [2.75, 3.05) is 24.1 Å². The third kappa shape index (κ3) is 3.75. The van der Waals surface area contributed by atoms with Crippen LogP contribution in [0, 0.1) is 0 Å². The molecule has 1 amide bonds. The van der Waals surface area contributed by atoms with Crippen LogP contribution in [0.5, 0.6) is 0 Å². The molecule has 0 spiro atoms. The Morgan fingerprint density at radius 3 is 2.96 bits per heavy atom. The molecule has 2 heterocycles. The number of benzene rings is 1. The van der Waals surface area contributed by atoms with Crippen LogP contribution in [0.3, 0.4) is 0 Å². The number of carbonyl (C=O) groups excluding carboxylic acids is 1. The summed E-state index contributed by atoms with van der Waals surface area (Å²) in [4.78, 5) is 14.6. The summed E-state index contributed by atoms with van der Waals surface area (Å²) in [6, 6.07) is 11.9. The highest BCUT2D eigenvalue weighted by atomic mass is 32.2. The van der Waals surface area contributed by atoms with E-state index in [0.29, 0.717) is 18.9 Å². The molecule has 0 fully saturated rings. The van der Waals surface area contributed by atoms with E-state index in [9.17, 15) is 4.79 Å². The van der Waals surface area contributed by atoms with Crippen LogP contribution in [0.2, 0.25) is 0 Å². The van der Waals surface area contributed by atoms with Gasteiger partial charge in [0.05, 0.1) is 28.6 Å². The number of H-pyrrole nitrogens is 1. The van der Waals surface area contributed by atoms with Crippen molar-refractivity contribution < 1.29 is 9.53 Å². The molecule has 0 aliphatic carbocycles. The van der Waals surface area contributed by atoms with Gasteiger partial charge in [-0.15, -0.1) is 11.3 Å². The number of primary amides is 1. The molecule has 126 valence electrons. The molecule has 0 atom stereocenters. The summed E-state index contributed by atoms with van der Waals surface area (Å²) in [5, 5.41) is 3.03. The van der Waals surface area contributed by atoms with Crippen molar-refractivity contribution in [1.82, 2.24) is 4.98 Å². The Morgan fingerprint density at radius 1 is 1.38 bits per heavy atom. The first-order chi connectivity index (χ1) is 11.7. The fourth-order valence-electron chi connectivity index (χ4n) is 2.41. The van der Waals surface area contributed by atoms with Crippen molar-refractivity contribution in [3.63, 3.8) is 0 Å². The standard InChI is InChI=1S/C17H19N3O2S2/c1-2-22-9-8-20(24-15-7-4-10-23-15)14-6-3-5-12-11-13(17(18)21)19-16(12)14/h3-7,10-11,19H,2,8-9H2,1H3,(H2,18,21). The highest BCUT2D eigenvalue weighted by molar-refractivity contribution is 8.02. The average molecular weight is 361 g/mol. The smallest absolute Gasteiger partial charge is 0.265 e. The summed E-state index contributed by atoms with van der Waals surface area (Å²) in [5.74, 6) is -0.455. The zero-order chi connectivity index (χ0) is 16.9. The first-order valence-electron chi connectivity index (χ1n) is 7.67. The van der Waals surface area contributed by atoms with Crippen LogP contribution in [0.4, 0.5) is 5.69 Å². The minimum absolute atomic E-state index is 0.420. The molecule has 0 aliphatic heterocycles. The van der Waals surface area contributed by atoms with Gasteiger partial charge in [-0.25, -0.2) is 0 Å². The molecule has 0 saturated heterocycles. The maximum Gasteiger partial charge on any atom is 0.265 e. The highest BCUT2D eigenvalue weighted by Crippen LogP contribution is 2.35. The van der Waals surface area contributed by atoms with E-state index in [2.05, 4.69) is 20.7 Å². The summed E-state index contributed by atoms with van der Waals surface area (Å²) in [7, 11) is 0. The molecule has 5 nitrogen and oxygen atoms in total. The van der Waals surface area contributed by atoms with Gasteiger partial charge in [0, 0.05) is 12.0 Å². The van der Waals surface area contributed by atoms with Crippen molar-refractivity contribution in [2.45, 2.75) is 11.1 Å². The molecule has 2 aromatic heterocycles. The molecule has 0 saturated carbocycles. The number of anilines is 1. The Morgan fingerprint density at radius 2 is 2.25 bits per heavy atom. The fourth-order valence-corrected chi connectivity index (χ4v) is 4.24. The van der Waals surface area contributed by atoms with Gasteiger partial charge in [-0.05, 0) is 42.5 Å². The monoisotopic (exact) mass is 361 g/mol. The van der Waals surface area contributed by atoms with Crippen molar-refractivity contribution in [2.24, 2.45) is 5.73 Å². The van der Waals surface area contributed by atoms with Crippen LogP contribution in [0.15, 0.2) is 46.0 Å². The molecule has 0 bridgehead atoms. The van der Waals surface area contributed by atoms with Gasteiger partial charge in [0.1, 0.15) is 5.69 Å². The largest absolute Gasteiger partial charge is 0.380 e. The second-order valence-electron chi connectivity index (χ2n) is 5.11. The van der Waals surface area contributed by atoms with E-state index in [-0.39, 0.29) is 0 Å². The number of hydrogen-bond acceptors (Lipinski definition) is 5. The molecule has 24 heavy (non-hydrogen) atoms. The lowest BCUT2D eigenvalue weighted by Gasteiger charge is -2.23. The molecule has 7 heteroatoms. The van der Waals surface area contributed by atoms with Gasteiger partial charge < -0.3 is 19.8 Å². The van der Waals surface area contributed by atoms with E-state index >= 15 is 0 Å². The van der Waals surface area contributed by atoms with Gasteiger partial charge in [0.15, 0.2) is 0 Å². The number of carbonyl (C=O) groups is 1. The number of para-hydroxylation sites is 1. The molecule has 1 aromatic carbocycles. The molecule has 0 radical (unpaired) electrons. The second kappa shape index (κ2) is 7.74. The summed E-state index contributed by atoms with van der Waals surface area (Å²) < 4.78 is 8.91. The number of hydrogen-bond donors (Lipinski definition) is 2. The summed E-state index contributed by atoms with van der Waals surface area (Å²) in [5.41, 5.74) is 7.75. The van der Waals surface area contributed by atoms with Gasteiger partial charge in [0.25, 0.3) is 5.91 Å². The summed E-state index contributed by atoms with van der Waals surface area (Å²) >= 11 is 3.36. The Hall–Kier alpha value is -1.96.